The Kier molecular flexibility index (Phi) is 5.95. The van der Waals surface area contributed by atoms with Gasteiger partial charge in [0.05, 0.1) is 10.6 Å². The minimum absolute atomic E-state index is 0.00526. The highest BCUT2D eigenvalue weighted by molar-refractivity contribution is 6.33. The first-order valence-electron chi connectivity index (χ1n) is 8.32. The molecule has 0 radical (unpaired) electrons. The minimum Gasteiger partial charge on any atom is -0.444 e. The first-order chi connectivity index (χ1) is 11.9. The van der Waals surface area contributed by atoms with Crippen LogP contribution in [0.5, 0.6) is 0 Å². The van der Waals surface area contributed by atoms with Crippen molar-refractivity contribution in [3.05, 3.63) is 22.8 Å². The molecule has 1 aromatic heterocycles. The zero-order valence-electron chi connectivity index (χ0n) is 15.2. The van der Waals surface area contributed by atoms with Crippen LogP contribution in [0.3, 0.4) is 0 Å². The Bertz CT molecular complexity index is 654. The lowest BCUT2D eigenvalue weighted by molar-refractivity contribution is -0.137. The Morgan fingerprint density at radius 1 is 1.31 bits per heavy atom. The maximum absolute atomic E-state index is 12.7. The van der Waals surface area contributed by atoms with Gasteiger partial charge in [0.1, 0.15) is 11.4 Å². The molecule has 0 spiro atoms. The van der Waals surface area contributed by atoms with E-state index in [2.05, 4.69) is 4.98 Å². The molecule has 1 fully saturated rings. The molecule has 1 aliphatic heterocycles. The van der Waals surface area contributed by atoms with Crippen LogP contribution in [0.4, 0.5) is 23.8 Å². The molecule has 1 saturated heterocycles. The Balaban J connectivity index is 1.99. The molecular weight excluding hydrogens is 371 g/mol. The maximum atomic E-state index is 12.7. The maximum Gasteiger partial charge on any atom is 0.417 e. The normalized spacial score (nSPS) is 16.5. The lowest BCUT2D eigenvalue weighted by Crippen LogP contribution is -2.47. The number of ether oxygens (including phenoxy) is 1. The van der Waals surface area contributed by atoms with Gasteiger partial charge in [-0.15, -0.1) is 0 Å². The van der Waals surface area contributed by atoms with E-state index in [0.717, 1.165) is 12.3 Å². The van der Waals surface area contributed by atoms with Crippen molar-refractivity contribution in [1.29, 1.82) is 0 Å². The van der Waals surface area contributed by atoms with Gasteiger partial charge in [-0.2, -0.15) is 13.2 Å². The third-order valence-corrected chi connectivity index (χ3v) is 4.42. The molecule has 26 heavy (non-hydrogen) atoms. The molecule has 0 N–H and O–H groups in total. The molecule has 5 nitrogen and oxygen atoms in total. The lowest BCUT2D eigenvalue weighted by atomic mass is 10.0. The number of rotatable bonds is 2. The molecule has 2 heterocycles. The zero-order chi connectivity index (χ0) is 19.7. The van der Waals surface area contributed by atoms with Gasteiger partial charge in [-0.25, -0.2) is 9.78 Å². The highest BCUT2D eigenvalue weighted by Gasteiger charge is 2.33. The summed E-state index contributed by atoms with van der Waals surface area (Å²) in [6.45, 7) is 6.49. The number of hydrogen-bond acceptors (Lipinski definition) is 4. The molecule has 0 saturated carbocycles. The van der Waals surface area contributed by atoms with Crippen molar-refractivity contribution in [3.63, 3.8) is 0 Å². The molecule has 2 rings (SSSR count). The van der Waals surface area contributed by atoms with Crippen molar-refractivity contribution in [1.82, 2.24) is 9.88 Å². The van der Waals surface area contributed by atoms with Crippen molar-refractivity contribution in [2.45, 2.75) is 51.4 Å². The highest BCUT2D eigenvalue weighted by Crippen LogP contribution is 2.34. The van der Waals surface area contributed by atoms with E-state index in [4.69, 9.17) is 16.3 Å². The van der Waals surface area contributed by atoms with Crippen LogP contribution in [-0.4, -0.2) is 47.8 Å². The smallest absolute Gasteiger partial charge is 0.417 e. The van der Waals surface area contributed by atoms with Gasteiger partial charge >= 0.3 is 12.3 Å². The lowest BCUT2D eigenvalue weighted by Gasteiger charge is -2.38. The highest BCUT2D eigenvalue weighted by atomic mass is 35.5. The van der Waals surface area contributed by atoms with Crippen molar-refractivity contribution in [2.75, 3.05) is 25.0 Å². The minimum atomic E-state index is -4.47. The Morgan fingerprint density at radius 3 is 2.35 bits per heavy atom. The summed E-state index contributed by atoms with van der Waals surface area (Å²) in [5.74, 6) is 0.332. The monoisotopic (exact) mass is 393 g/mol. The summed E-state index contributed by atoms with van der Waals surface area (Å²) in [5.41, 5.74) is -1.44. The summed E-state index contributed by atoms with van der Waals surface area (Å²) in [7, 11) is 1.69. The number of pyridine rings is 1. The van der Waals surface area contributed by atoms with Crippen molar-refractivity contribution in [2.24, 2.45) is 0 Å². The number of anilines is 1. The molecular formula is C17H23ClF3N3O2. The zero-order valence-corrected chi connectivity index (χ0v) is 16.0. The number of aromatic nitrogens is 1. The number of hydrogen-bond donors (Lipinski definition) is 0. The fourth-order valence-corrected chi connectivity index (χ4v) is 3.05. The summed E-state index contributed by atoms with van der Waals surface area (Å²) < 4.78 is 43.5. The van der Waals surface area contributed by atoms with E-state index in [-0.39, 0.29) is 17.2 Å². The number of piperidine rings is 1. The molecule has 1 aromatic rings. The number of halogens is 4. The van der Waals surface area contributed by atoms with E-state index < -0.39 is 17.3 Å². The quantitative estimate of drug-likeness (QED) is 0.737. The van der Waals surface area contributed by atoms with Crippen molar-refractivity contribution in [3.8, 4) is 0 Å². The third-order valence-electron chi connectivity index (χ3n) is 4.14. The van der Waals surface area contributed by atoms with Crippen LogP contribution < -0.4 is 4.90 Å². The average molecular weight is 394 g/mol. The molecule has 9 heteroatoms. The SMILES string of the molecule is CN(C(=O)OC(C)(C)C)C1CCN(c2ncc(C(F)(F)F)cc2Cl)CC1. The first-order valence-corrected chi connectivity index (χ1v) is 8.70. The first kappa shape index (κ1) is 20.6. The van der Waals surface area contributed by atoms with Gasteiger partial charge in [0.15, 0.2) is 0 Å². The summed E-state index contributed by atoms with van der Waals surface area (Å²) in [6.07, 6.45) is -2.77. The van der Waals surface area contributed by atoms with Crippen LogP contribution in [-0.2, 0) is 10.9 Å². The standard InChI is InChI=1S/C17H23ClF3N3O2/c1-16(2,3)26-15(25)23(4)12-5-7-24(8-6-12)14-13(18)9-11(10-22-14)17(19,20)21/h9-10,12H,5-8H2,1-4H3. The van der Waals surface area contributed by atoms with Crippen LogP contribution in [0.25, 0.3) is 0 Å². The van der Waals surface area contributed by atoms with E-state index in [1.807, 2.05) is 4.90 Å². The Morgan fingerprint density at radius 2 is 1.88 bits per heavy atom. The summed E-state index contributed by atoms with van der Waals surface area (Å²) in [6, 6.07) is 0.886. The molecule has 0 aromatic carbocycles. The van der Waals surface area contributed by atoms with Crippen LogP contribution in [0.2, 0.25) is 5.02 Å². The molecule has 1 aliphatic rings. The van der Waals surface area contributed by atoms with E-state index in [1.54, 1.807) is 32.7 Å². The van der Waals surface area contributed by atoms with Crippen LogP contribution >= 0.6 is 11.6 Å². The van der Waals surface area contributed by atoms with Gasteiger partial charge in [0.2, 0.25) is 0 Å². The van der Waals surface area contributed by atoms with Crippen LogP contribution in [0, 0.1) is 0 Å². The predicted molar refractivity (Wildman–Crippen MR) is 93.5 cm³/mol. The summed E-state index contributed by atoms with van der Waals surface area (Å²) in [4.78, 5) is 19.4. The molecule has 0 aliphatic carbocycles. The fourth-order valence-electron chi connectivity index (χ4n) is 2.77. The van der Waals surface area contributed by atoms with E-state index in [0.29, 0.717) is 31.7 Å². The van der Waals surface area contributed by atoms with Gasteiger partial charge in [-0.3, -0.25) is 0 Å². The second kappa shape index (κ2) is 7.50. The largest absolute Gasteiger partial charge is 0.444 e. The number of amides is 1. The van der Waals surface area contributed by atoms with E-state index >= 15 is 0 Å². The summed E-state index contributed by atoms with van der Waals surface area (Å²) >= 11 is 6.00. The van der Waals surface area contributed by atoms with Gasteiger partial charge in [0, 0.05) is 32.4 Å². The van der Waals surface area contributed by atoms with Gasteiger partial charge in [-0.05, 0) is 39.7 Å². The van der Waals surface area contributed by atoms with E-state index in [9.17, 15) is 18.0 Å². The van der Waals surface area contributed by atoms with Gasteiger partial charge in [0.25, 0.3) is 0 Å². The van der Waals surface area contributed by atoms with Crippen molar-refractivity contribution >= 4 is 23.5 Å². The topological polar surface area (TPSA) is 45.7 Å². The molecule has 146 valence electrons. The fraction of sp³-hybridized carbons (Fsp3) is 0.647. The second-order valence-corrected chi connectivity index (χ2v) is 7.74. The van der Waals surface area contributed by atoms with Crippen molar-refractivity contribution < 1.29 is 22.7 Å². The number of carbonyl (C=O) groups excluding carboxylic acids is 1. The number of carbonyl (C=O) groups is 1. The molecule has 0 unspecified atom stereocenters. The summed E-state index contributed by atoms with van der Waals surface area (Å²) in [5, 5.41) is -0.0289. The Hall–Kier alpha value is -1.70. The second-order valence-electron chi connectivity index (χ2n) is 7.34. The Labute approximate surface area is 156 Å². The molecule has 0 bridgehead atoms. The van der Waals surface area contributed by atoms with Gasteiger partial charge in [-0.1, -0.05) is 11.6 Å². The number of alkyl halides is 3. The molecule has 0 atom stereocenters. The third kappa shape index (κ3) is 5.16. The van der Waals surface area contributed by atoms with Crippen LogP contribution in [0.15, 0.2) is 12.3 Å². The van der Waals surface area contributed by atoms with E-state index in [1.165, 1.54) is 0 Å². The van der Waals surface area contributed by atoms with Gasteiger partial charge < -0.3 is 14.5 Å². The average Bonchev–Trinajstić information content (AvgIpc) is 2.52. The van der Waals surface area contributed by atoms with Crippen LogP contribution in [0.1, 0.15) is 39.2 Å². The number of nitrogens with zero attached hydrogens (tertiary/aromatic N) is 3. The predicted octanol–water partition coefficient (Wildman–Crippen LogP) is 4.59. The molecule has 1 amide bonds.